The number of hydrogen-bond donors (Lipinski definition) is 1. The van der Waals surface area contributed by atoms with E-state index in [0.29, 0.717) is 11.2 Å². The lowest BCUT2D eigenvalue weighted by atomic mass is 10.2. The quantitative estimate of drug-likeness (QED) is 0.626. The van der Waals surface area contributed by atoms with Gasteiger partial charge in [-0.1, -0.05) is 11.8 Å². The molecule has 1 unspecified atom stereocenters. The molecule has 6 nitrogen and oxygen atoms in total. The number of thioether (sulfide) groups is 1. The van der Waals surface area contributed by atoms with Gasteiger partial charge in [0.1, 0.15) is 11.0 Å². The van der Waals surface area contributed by atoms with Gasteiger partial charge in [0.05, 0.1) is 24.5 Å². The number of esters is 1. The Bertz CT molecular complexity index is 655. The fourth-order valence-electron chi connectivity index (χ4n) is 1.68. The molecule has 1 aromatic heterocycles. The summed E-state index contributed by atoms with van der Waals surface area (Å²) in [5.41, 5.74) is 2.01. The number of carbonyl (C=O) groups excluding carboxylic acids is 2. The molecule has 0 radical (unpaired) electrons. The van der Waals surface area contributed by atoms with Crippen molar-refractivity contribution in [1.29, 1.82) is 0 Å². The van der Waals surface area contributed by atoms with Gasteiger partial charge in [-0.2, -0.15) is 8.75 Å². The van der Waals surface area contributed by atoms with Crippen molar-refractivity contribution in [2.24, 2.45) is 0 Å². The van der Waals surface area contributed by atoms with E-state index < -0.39 is 11.2 Å². The molecule has 2 heterocycles. The predicted octanol–water partition coefficient (Wildman–Crippen LogP) is 1.28. The molecule has 1 aromatic carbocycles. The topological polar surface area (TPSA) is 81.2 Å². The minimum atomic E-state index is -0.869. The number of amides is 1. The number of anilines is 1. The summed E-state index contributed by atoms with van der Waals surface area (Å²) in [6.07, 6.45) is 0. The van der Waals surface area contributed by atoms with Crippen molar-refractivity contribution in [2.75, 3.05) is 12.4 Å². The van der Waals surface area contributed by atoms with Crippen LogP contribution in [0.4, 0.5) is 5.69 Å². The minimum absolute atomic E-state index is 0.389. The van der Waals surface area contributed by atoms with Crippen LogP contribution in [0.15, 0.2) is 17.0 Å². The van der Waals surface area contributed by atoms with Crippen molar-refractivity contribution in [3.05, 3.63) is 12.1 Å². The zero-order valence-electron chi connectivity index (χ0n) is 9.17. The molecule has 92 valence electrons. The van der Waals surface area contributed by atoms with Crippen LogP contribution in [0.2, 0.25) is 0 Å². The molecule has 1 atom stereocenters. The van der Waals surface area contributed by atoms with E-state index in [4.69, 9.17) is 0 Å². The van der Waals surface area contributed by atoms with Crippen LogP contribution in [-0.2, 0) is 14.3 Å². The average molecular weight is 281 g/mol. The Kier molecular flexibility index (Phi) is 2.67. The van der Waals surface area contributed by atoms with Gasteiger partial charge in [0.2, 0.25) is 5.91 Å². The molecule has 1 amide bonds. The van der Waals surface area contributed by atoms with Crippen molar-refractivity contribution < 1.29 is 14.3 Å². The molecule has 1 aliphatic rings. The number of rotatable bonds is 1. The largest absolute Gasteiger partial charge is 0.468 e. The molecule has 0 fully saturated rings. The van der Waals surface area contributed by atoms with Crippen LogP contribution in [-0.4, -0.2) is 33.0 Å². The molecular formula is C10H7N3O3S2. The summed E-state index contributed by atoms with van der Waals surface area (Å²) >= 11 is 2.25. The Labute approximate surface area is 110 Å². The number of benzene rings is 1. The van der Waals surface area contributed by atoms with Crippen LogP contribution in [0.25, 0.3) is 11.0 Å². The lowest BCUT2D eigenvalue weighted by molar-refractivity contribution is -0.142. The van der Waals surface area contributed by atoms with Crippen molar-refractivity contribution in [3.63, 3.8) is 0 Å². The fraction of sp³-hybridized carbons (Fsp3) is 0.200. The maximum absolute atomic E-state index is 11.8. The third-order valence-electron chi connectivity index (χ3n) is 2.54. The Morgan fingerprint density at radius 1 is 1.44 bits per heavy atom. The Hall–Kier alpha value is -1.67. The van der Waals surface area contributed by atoms with E-state index in [1.807, 2.05) is 12.1 Å². The third-order valence-corrected chi connectivity index (χ3v) is 4.32. The van der Waals surface area contributed by atoms with Gasteiger partial charge in [-0.3, -0.25) is 9.59 Å². The Morgan fingerprint density at radius 3 is 3.06 bits per heavy atom. The molecule has 0 bridgehead atoms. The summed E-state index contributed by atoms with van der Waals surface area (Å²) in [6.45, 7) is 0. The van der Waals surface area contributed by atoms with Crippen molar-refractivity contribution >= 4 is 52.1 Å². The van der Waals surface area contributed by atoms with E-state index in [2.05, 4.69) is 18.8 Å². The first-order valence-electron chi connectivity index (χ1n) is 5.01. The summed E-state index contributed by atoms with van der Waals surface area (Å²) in [6, 6.07) is 3.63. The van der Waals surface area contributed by atoms with Crippen LogP contribution in [0.3, 0.4) is 0 Å². The normalized spacial score (nSPS) is 18.3. The SMILES string of the molecule is COC(=O)C1Sc2ccc3nsnc3c2NC1=O. The zero-order chi connectivity index (χ0) is 12.7. The number of aromatic nitrogens is 2. The van der Waals surface area contributed by atoms with Crippen LogP contribution >= 0.6 is 23.5 Å². The number of carbonyl (C=O) groups is 2. The standard InChI is InChI=1S/C10H7N3O3S2/c1-16-10(15)8-9(14)11-7-5(17-8)3-2-4-6(7)13-18-12-4/h2-3,8H,1H3,(H,11,14). The van der Waals surface area contributed by atoms with Gasteiger partial charge in [0, 0.05) is 4.90 Å². The molecule has 1 N–H and O–H groups in total. The van der Waals surface area contributed by atoms with E-state index in [1.54, 1.807) is 0 Å². The molecule has 1 aliphatic heterocycles. The van der Waals surface area contributed by atoms with Gasteiger partial charge in [0.25, 0.3) is 0 Å². The smallest absolute Gasteiger partial charge is 0.328 e. The molecule has 2 aromatic rings. The molecule has 8 heteroatoms. The summed E-state index contributed by atoms with van der Waals surface area (Å²) < 4.78 is 12.8. The number of methoxy groups -OCH3 is 1. The molecule has 3 rings (SSSR count). The maximum Gasteiger partial charge on any atom is 0.328 e. The summed E-state index contributed by atoms with van der Waals surface area (Å²) in [4.78, 5) is 24.1. The van der Waals surface area contributed by atoms with E-state index >= 15 is 0 Å². The van der Waals surface area contributed by atoms with E-state index in [9.17, 15) is 9.59 Å². The van der Waals surface area contributed by atoms with Crippen LogP contribution < -0.4 is 5.32 Å². The summed E-state index contributed by atoms with van der Waals surface area (Å²) in [5, 5.41) is 1.83. The van der Waals surface area contributed by atoms with Crippen LogP contribution in [0.1, 0.15) is 0 Å². The number of nitrogens with zero attached hydrogens (tertiary/aromatic N) is 2. The van der Waals surface area contributed by atoms with E-state index in [-0.39, 0.29) is 5.91 Å². The first-order chi connectivity index (χ1) is 8.70. The Morgan fingerprint density at radius 2 is 2.28 bits per heavy atom. The molecule has 0 aliphatic carbocycles. The third kappa shape index (κ3) is 1.65. The summed E-state index contributed by atoms with van der Waals surface area (Å²) in [7, 11) is 1.26. The predicted molar refractivity (Wildman–Crippen MR) is 67.7 cm³/mol. The zero-order valence-corrected chi connectivity index (χ0v) is 10.8. The highest BCUT2D eigenvalue weighted by atomic mass is 32.2. The second-order valence-corrected chi connectivity index (χ2v) is 5.26. The van der Waals surface area contributed by atoms with Gasteiger partial charge in [-0.15, -0.1) is 0 Å². The van der Waals surface area contributed by atoms with Gasteiger partial charge < -0.3 is 10.1 Å². The summed E-state index contributed by atoms with van der Waals surface area (Å²) in [5.74, 6) is -0.945. The highest BCUT2D eigenvalue weighted by Crippen LogP contribution is 2.39. The molecular weight excluding hydrogens is 274 g/mol. The minimum Gasteiger partial charge on any atom is -0.468 e. The second kappa shape index (κ2) is 4.21. The monoisotopic (exact) mass is 281 g/mol. The highest BCUT2D eigenvalue weighted by Gasteiger charge is 2.35. The lowest BCUT2D eigenvalue weighted by Gasteiger charge is -2.22. The Balaban J connectivity index is 2.08. The fourth-order valence-corrected chi connectivity index (χ4v) is 3.25. The second-order valence-electron chi connectivity index (χ2n) is 3.58. The van der Waals surface area contributed by atoms with Gasteiger partial charge >= 0.3 is 5.97 Å². The van der Waals surface area contributed by atoms with Gasteiger partial charge in [0.15, 0.2) is 5.25 Å². The first-order valence-corrected chi connectivity index (χ1v) is 6.62. The lowest BCUT2D eigenvalue weighted by Crippen LogP contribution is -2.36. The van der Waals surface area contributed by atoms with Crippen LogP contribution in [0.5, 0.6) is 0 Å². The highest BCUT2D eigenvalue weighted by molar-refractivity contribution is 8.01. The van der Waals surface area contributed by atoms with E-state index in [0.717, 1.165) is 22.1 Å². The first kappa shape index (κ1) is 11.4. The van der Waals surface area contributed by atoms with Crippen LogP contribution in [0, 0.1) is 0 Å². The molecule has 18 heavy (non-hydrogen) atoms. The van der Waals surface area contributed by atoms with Crippen molar-refractivity contribution in [1.82, 2.24) is 8.75 Å². The number of nitrogens with one attached hydrogen (secondary N) is 1. The van der Waals surface area contributed by atoms with E-state index in [1.165, 1.54) is 18.9 Å². The average Bonchev–Trinajstić information content (AvgIpc) is 2.85. The van der Waals surface area contributed by atoms with Crippen molar-refractivity contribution in [2.45, 2.75) is 10.1 Å². The van der Waals surface area contributed by atoms with Gasteiger partial charge in [-0.25, -0.2) is 0 Å². The van der Waals surface area contributed by atoms with Gasteiger partial charge in [-0.05, 0) is 12.1 Å². The number of fused-ring (bicyclic) bond motifs is 3. The maximum atomic E-state index is 11.8. The molecule has 0 saturated carbocycles. The van der Waals surface area contributed by atoms with Crippen molar-refractivity contribution in [3.8, 4) is 0 Å². The number of ether oxygens (including phenoxy) is 1. The molecule has 0 spiro atoms. The molecule has 0 saturated heterocycles. The number of hydrogen-bond acceptors (Lipinski definition) is 7.